The van der Waals surface area contributed by atoms with E-state index in [2.05, 4.69) is 15.9 Å². The molecule has 5 heteroatoms. The highest BCUT2D eigenvalue weighted by molar-refractivity contribution is 9.10. The summed E-state index contributed by atoms with van der Waals surface area (Å²) in [5, 5.41) is 0. The third kappa shape index (κ3) is 4.07. The Bertz CT molecular complexity index is 1160. The Morgan fingerprint density at radius 3 is 2.40 bits per heavy atom. The summed E-state index contributed by atoms with van der Waals surface area (Å²) in [5.41, 5.74) is 3.81. The lowest BCUT2D eigenvalue weighted by Crippen LogP contribution is -2.12. The third-order valence-electron chi connectivity index (χ3n) is 4.94. The fourth-order valence-corrected chi connectivity index (χ4v) is 3.47. The Morgan fingerprint density at radius 1 is 1.00 bits per heavy atom. The van der Waals surface area contributed by atoms with E-state index in [1.54, 1.807) is 30.3 Å². The van der Waals surface area contributed by atoms with Gasteiger partial charge in [-0.1, -0.05) is 57.9 Å². The van der Waals surface area contributed by atoms with Gasteiger partial charge in [0.05, 0.1) is 5.56 Å². The molecule has 0 fully saturated rings. The molecule has 0 N–H and O–H groups in total. The van der Waals surface area contributed by atoms with Crippen LogP contribution in [-0.4, -0.2) is 18.2 Å². The van der Waals surface area contributed by atoms with Crippen molar-refractivity contribution >= 4 is 33.6 Å². The molecule has 0 saturated heterocycles. The van der Waals surface area contributed by atoms with Crippen LogP contribution in [0.2, 0.25) is 0 Å². The van der Waals surface area contributed by atoms with Crippen LogP contribution in [0.15, 0.2) is 70.9 Å². The Morgan fingerprint density at radius 2 is 1.70 bits per heavy atom. The van der Waals surface area contributed by atoms with Crippen molar-refractivity contribution in [2.24, 2.45) is 0 Å². The van der Waals surface area contributed by atoms with E-state index >= 15 is 0 Å². The molecule has 4 rings (SSSR count). The summed E-state index contributed by atoms with van der Waals surface area (Å²) in [6.07, 6.45) is 1.73. The van der Waals surface area contributed by atoms with E-state index in [0.717, 1.165) is 15.6 Å². The maximum Gasteiger partial charge on any atom is 0.231 e. The van der Waals surface area contributed by atoms with Crippen molar-refractivity contribution in [2.75, 3.05) is 6.61 Å². The number of halogens is 1. The fraction of sp³-hybridized carbons (Fsp3) is 0.120. The highest BCUT2D eigenvalue weighted by Gasteiger charge is 2.30. The Hall–Kier alpha value is -3.18. The zero-order valence-corrected chi connectivity index (χ0v) is 18.2. The van der Waals surface area contributed by atoms with E-state index in [1.807, 2.05) is 50.2 Å². The van der Waals surface area contributed by atoms with E-state index in [-0.39, 0.29) is 23.9 Å². The normalized spacial score (nSPS) is 13.8. The molecule has 150 valence electrons. The number of rotatable bonds is 5. The van der Waals surface area contributed by atoms with Gasteiger partial charge >= 0.3 is 0 Å². The van der Waals surface area contributed by atoms with E-state index in [9.17, 15) is 9.59 Å². The van der Waals surface area contributed by atoms with Crippen molar-refractivity contribution in [2.45, 2.75) is 13.8 Å². The monoisotopic (exact) mass is 462 g/mol. The number of carbonyl (C=O) groups is 2. The molecule has 3 aromatic rings. The molecular formula is C25H19BrO4. The summed E-state index contributed by atoms with van der Waals surface area (Å²) < 4.78 is 12.5. The molecule has 0 spiro atoms. The number of benzene rings is 3. The first-order chi connectivity index (χ1) is 14.4. The molecule has 0 atom stereocenters. The van der Waals surface area contributed by atoms with Gasteiger partial charge in [0.25, 0.3) is 0 Å². The summed E-state index contributed by atoms with van der Waals surface area (Å²) in [5.74, 6) is 0.987. The smallest absolute Gasteiger partial charge is 0.231 e. The van der Waals surface area contributed by atoms with Gasteiger partial charge in [0.1, 0.15) is 11.5 Å². The second-order valence-electron chi connectivity index (χ2n) is 7.13. The summed E-state index contributed by atoms with van der Waals surface area (Å²) in [7, 11) is 0. The predicted molar refractivity (Wildman–Crippen MR) is 119 cm³/mol. The molecule has 1 aliphatic heterocycles. The number of aryl methyl sites for hydroxylation is 1. The minimum atomic E-state index is -0.161. The van der Waals surface area contributed by atoms with Gasteiger partial charge in [-0.15, -0.1) is 0 Å². The van der Waals surface area contributed by atoms with E-state index in [4.69, 9.17) is 9.47 Å². The largest absolute Gasteiger partial charge is 0.485 e. The topological polar surface area (TPSA) is 52.6 Å². The Labute approximate surface area is 183 Å². The van der Waals surface area contributed by atoms with Gasteiger partial charge < -0.3 is 9.47 Å². The molecule has 1 heterocycles. The number of carbonyl (C=O) groups excluding carboxylic acids is 2. The lowest BCUT2D eigenvalue weighted by molar-refractivity contribution is 0.0920. The van der Waals surface area contributed by atoms with Crippen LogP contribution in [0.4, 0.5) is 0 Å². The second-order valence-corrected chi connectivity index (χ2v) is 8.05. The molecule has 4 nitrogen and oxygen atoms in total. The summed E-state index contributed by atoms with van der Waals surface area (Å²) in [6.45, 7) is 3.73. The van der Waals surface area contributed by atoms with Gasteiger partial charge in [0.2, 0.25) is 5.78 Å². The number of hydrogen-bond acceptors (Lipinski definition) is 4. The lowest BCUT2D eigenvalue weighted by Gasteiger charge is -2.11. The fourth-order valence-electron chi connectivity index (χ4n) is 3.20. The predicted octanol–water partition coefficient (Wildman–Crippen LogP) is 5.94. The SMILES string of the molecule is Cc1ccc(/C=C2\Oc3c(ccc(OCC(=O)c4ccc(Br)cc4)c3C)C2=O)cc1. The quantitative estimate of drug-likeness (QED) is 0.347. The van der Waals surface area contributed by atoms with E-state index in [1.165, 1.54) is 0 Å². The van der Waals surface area contributed by atoms with Crippen molar-refractivity contribution in [3.63, 3.8) is 0 Å². The third-order valence-corrected chi connectivity index (χ3v) is 5.47. The van der Waals surface area contributed by atoms with Gasteiger partial charge in [-0.2, -0.15) is 0 Å². The first kappa shape index (κ1) is 20.1. The zero-order valence-electron chi connectivity index (χ0n) is 16.6. The van der Waals surface area contributed by atoms with E-state index in [0.29, 0.717) is 28.2 Å². The summed E-state index contributed by atoms with van der Waals surface area (Å²) >= 11 is 3.35. The molecule has 1 aliphatic rings. The molecule has 0 bridgehead atoms. The van der Waals surface area contributed by atoms with Crippen molar-refractivity contribution in [1.29, 1.82) is 0 Å². The van der Waals surface area contributed by atoms with Crippen molar-refractivity contribution in [3.8, 4) is 11.5 Å². The molecule has 0 aliphatic carbocycles. The first-order valence-corrected chi connectivity index (χ1v) is 10.3. The van der Waals surface area contributed by atoms with Crippen LogP contribution >= 0.6 is 15.9 Å². The highest BCUT2D eigenvalue weighted by Crippen LogP contribution is 2.39. The van der Waals surface area contributed by atoms with Crippen LogP contribution < -0.4 is 9.47 Å². The number of fused-ring (bicyclic) bond motifs is 1. The number of Topliss-reactive ketones (excluding diaryl/α,β-unsaturated/α-hetero) is 2. The average molecular weight is 463 g/mol. The number of allylic oxidation sites excluding steroid dienone is 1. The van der Waals surface area contributed by atoms with Crippen molar-refractivity contribution in [1.82, 2.24) is 0 Å². The first-order valence-electron chi connectivity index (χ1n) is 9.48. The molecule has 0 amide bonds. The Kier molecular flexibility index (Phi) is 5.55. The molecule has 0 saturated carbocycles. The van der Waals surface area contributed by atoms with E-state index < -0.39 is 0 Å². The standard InChI is InChI=1S/C25H19BrO4/c1-15-3-5-17(6-4-15)13-23-24(28)20-11-12-22(16(2)25(20)30-23)29-14-21(27)18-7-9-19(26)10-8-18/h3-13H,14H2,1-2H3/b23-13-. The van der Waals surface area contributed by atoms with Gasteiger partial charge in [-0.3, -0.25) is 9.59 Å². The molecule has 3 aromatic carbocycles. The van der Waals surface area contributed by atoms with Crippen molar-refractivity contribution < 1.29 is 19.1 Å². The number of ketones is 2. The molecule has 30 heavy (non-hydrogen) atoms. The average Bonchev–Trinajstić information content (AvgIpc) is 3.06. The summed E-state index contributed by atoms with van der Waals surface area (Å²) in [4.78, 5) is 25.1. The van der Waals surface area contributed by atoms with Crippen LogP contribution in [0.1, 0.15) is 37.4 Å². The Balaban J connectivity index is 1.52. The maximum atomic E-state index is 12.7. The minimum Gasteiger partial charge on any atom is -0.485 e. The van der Waals surface area contributed by atoms with Gasteiger partial charge in [0.15, 0.2) is 18.1 Å². The minimum absolute atomic E-state index is 0.0960. The second kappa shape index (κ2) is 8.28. The van der Waals surface area contributed by atoms with Gasteiger partial charge in [-0.25, -0.2) is 0 Å². The molecular weight excluding hydrogens is 444 g/mol. The highest BCUT2D eigenvalue weighted by atomic mass is 79.9. The lowest BCUT2D eigenvalue weighted by atomic mass is 10.1. The molecule has 0 unspecified atom stereocenters. The van der Waals surface area contributed by atoms with Crippen LogP contribution in [-0.2, 0) is 0 Å². The van der Waals surface area contributed by atoms with Gasteiger partial charge in [0, 0.05) is 15.6 Å². The number of ether oxygens (including phenoxy) is 2. The molecule has 0 radical (unpaired) electrons. The zero-order chi connectivity index (χ0) is 21.3. The van der Waals surface area contributed by atoms with Crippen LogP contribution in [0, 0.1) is 13.8 Å². The number of hydrogen-bond donors (Lipinski definition) is 0. The van der Waals surface area contributed by atoms with Gasteiger partial charge in [-0.05, 0) is 49.8 Å². The van der Waals surface area contributed by atoms with Crippen molar-refractivity contribution in [3.05, 3.63) is 98.7 Å². The van der Waals surface area contributed by atoms with Crippen LogP contribution in [0.25, 0.3) is 6.08 Å². The van der Waals surface area contributed by atoms with Crippen LogP contribution in [0.3, 0.4) is 0 Å². The molecule has 0 aromatic heterocycles. The van der Waals surface area contributed by atoms with Crippen LogP contribution in [0.5, 0.6) is 11.5 Å². The summed E-state index contributed by atoms with van der Waals surface area (Å²) in [6, 6.07) is 18.4. The maximum absolute atomic E-state index is 12.7.